The molecule has 1 aliphatic rings. The van der Waals surface area contributed by atoms with Crippen LogP contribution in [0, 0.1) is 13.8 Å². The number of carbonyl (C=O) groups is 1. The van der Waals surface area contributed by atoms with Gasteiger partial charge >= 0.3 is 0 Å². The lowest BCUT2D eigenvalue weighted by Crippen LogP contribution is -2.50. The lowest BCUT2D eigenvalue weighted by Gasteiger charge is -2.39. The molecule has 162 valence electrons. The molecule has 0 aliphatic carbocycles. The van der Waals surface area contributed by atoms with Gasteiger partial charge in [0.15, 0.2) is 0 Å². The first kappa shape index (κ1) is 22.8. The molecule has 30 heavy (non-hydrogen) atoms. The van der Waals surface area contributed by atoms with Crippen molar-refractivity contribution >= 4 is 35.2 Å². The van der Waals surface area contributed by atoms with Gasteiger partial charge in [-0.25, -0.2) is 9.97 Å². The van der Waals surface area contributed by atoms with E-state index in [2.05, 4.69) is 15.3 Å². The van der Waals surface area contributed by atoms with E-state index in [1.165, 1.54) is 0 Å². The predicted molar refractivity (Wildman–Crippen MR) is 123 cm³/mol. The molecule has 2 heterocycles. The van der Waals surface area contributed by atoms with E-state index in [-0.39, 0.29) is 11.9 Å². The van der Waals surface area contributed by atoms with E-state index in [4.69, 9.17) is 11.6 Å². The molecule has 0 unspecified atom stereocenters. The topological polar surface area (TPSA) is 78.4 Å². The molecule has 0 saturated carbocycles. The molecule has 3 rings (SSSR count). The number of likely N-dealkylation sites (tertiary alicyclic amines) is 1. The van der Waals surface area contributed by atoms with Crippen molar-refractivity contribution in [1.82, 2.24) is 14.9 Å². The van der Waals surface area contributed by atoms with Gasteiger partial charge in [-0.1, -0.05) is 23.7 Å². The monoisotopic (exact) mass is 448 g/mol. The van der Waals surface area contributed by atoms with Gasteiger partial charge in [0.1, 0.15) is 6.04 Å². The van der Waals surface area contributed by atoms with Crippen molar-refractivity contribution in [2.45, 2.75) is 44.8 Å². The second-order valence-corrected chi connectivity index (χ2v) is 9.24. The molecule has 2 N–H and O–H groups in total. The van der Waals surface area contributed by atoms with E-state index < -0.39 is 5.60 Å². The minimum atomic E-state index is -0.930. The maximum absolute atomic E-state index is 13.3. The van der Waals surface area contributed by atoms with Crippen LogP contribution in [0.5, 0.6) is 0 Å². The van der Waals surface area contributed by atoms with Crippen LogP contribution in [0.3, 0.4) is 0 Å². The Kier molecular flexibility index (Phi) is 7.60. The van der Waals surface area contributed by atoms with Crippen LogP contribution in [0.1, 0.15) is 36.2 Å². The lowest BCUT2D eigenvalue weighted by molar-refractivity contribution is -0.136. The number of thioether (sulfide) groups is 1. The first-order valence-corrected chi connectivity index (χ1v) is 11.9. The van der Waals surface area contributed by atoms with E-state index in [1.54, 1.807) is 23.9 Å². The average molecular weight is 449 g/mol. The molecule has 1 aromatic carbocycles. The van der Waals surface area contributed by atoms with Crippen LogP contribution in [0.25, 0.3) is 0 Å². The van der Waals surface area contributed by atoms with Crippen LogP contribution in [-0.4, -0.2) is 57.0 Å². The number of piperidine rings is 1. The number of hydrogen-bond donors (Lipinski definition) is 2. The van der Waals surface area contributed by atoms with Crippen molar-refractivity contribution < 1.29 is 9.90 Å². The molecule has 1 fully saturated rings. The van der Waals surface area contributed by atoms with Crippen molar-refractivity contribution in [3.8, 4) is 0 Å². The van der Waals surface area contributed by atoms with Gasteiger partial charge in [-0.2, -0.15) is 11.8 Å². The maximum Gasteiger partial charge on any atom is 0.245 e. The van der Waals surface area contributed by atoms with Gasteiger partial charge in [-0.05, 0) is 68.9 Å². The molecule has 8 heteroatoms. The molecule has 0 spiro atoms. The fourth-order valence-corrected chi connectivity index (χ4v) is 4.40. The normalized spacial score (nSPS) is 16.9. The summed E-state index contributed by atoms with van der Waals surface area (Å²) in [5.74, 6) is 1.38. The molecule has 6 nitrogen and oxygen atoms in total. The molecule has 1 amide bonds. The molecule has 0 radical (unpaired) electrons. The van der Waals surface area contributed by atoms with Gasteiger partial charge in [0, 0.05) is 29.5 Å². The lowest BCUT2D eigenvalue weighted by atomic mass is 9.84. The van der Waals surface area contributed by atoms with Crippen molar-refractivity contribution in [1.29, 1.82) is 0 Å². The number of aliphatic hydroxyl groups is 1. The van der Waals surface area contributed by atoms with Crippen molar-refractivity contribution in [3.63, 3.8) is 0 Å². The molecular formula is C22H29ClN4O2S. The number of nitrogens with zero attached hydrogens (tertiary/aromatic N) is 3. The Morgan fingerprint density at radius 3 is 2.40 bits per heavy atom. The summed E-state index contributed by atoms with van der Waals surface area (Å²) >= 11 is 7.68. The summed E-state index contributed by atoms with van der Waals surface area (Å²) in [6, 6.07) is 8.82. The van der Waals surface area contributed by atoms with Gasteiger partial charge in [0.2, 0.25) is 11.9 Å². The standard InChI is InChI=1S/C22H29ClN4O2S/c1-15-14-16(2)25-21(24-15)26-19(8-13-30-3)20(28)27-11-9-22(29,10-12-27)17-4-6-18(23)7-5-17/h4-7,14,19,29H,8-13H2,1-3H3,(H,24,25,26)/t19-/m1/s1. The first-order valence-electron chi connectivity index (χ1n) is 10.2. The summed E-state index contributed by atoms with van der Waals surface area (Å²) in [5, 5.41) is 15.0. The van der Waals surface area contributed by atoms with E-state index >= 15 is 0 Å². The Bertz CT molecular complexity index is 850. The Morgan fingerprint density at radius 2 is 1.83 bits per heavy atom. The molecular weight excluding hydrogens is 420 g/mol. The molecule has 2 aromatic rings. The Labute approximate surface area is 187 Å². The number of aromatic nitrogens is 2. The maximum atomic E-state index is 13.3. The fraction of sp³-hybridized carbons (Fsp3) is 0.500. The number of nitrogens with one attached hydrogen (secondary N) is 1. The quantitative estimate of drug-likeness (QED) is 0.670. The Balaban J connectivity index is 1.68. The number of rotatable bonds is 7. The van der Waals surface area contributed by atoms with Crippen LogP contribution >= 0.6 is 23.4 Å². The van der Waals surface area contributed by atoms with Crippen molar-refractivity contribution in [2.24, 2.45) is 0 Å². The largest absolute Gasteiger partial charge is 0.385 e. The predicted octanol–water partition coefficient (Wildman–Crippen LogP) is 3.79. The number of benzene rings is 1. The molecule has 1 aromatic heterocycles. The highest BCUT2D eigenvalue weighted by Crippen LogP contribution is 2.33. The summed E-state index contributed by atoms with van der Waals surface area (Å²) in [6.07, 6.45) is 3.71. The van der Waals surface area contributed by atoms with E-state index in [9.17, 15) is 9.90 Å². The van der Waals surface area contributed by atoms with Gasteiger partial charge in [0.25, 0.3) is 0 Å². The minimum Gasteiger partial charge on any atom is -0.385 e. The Morgan fingerprint density at radius 1 is 1.23 bits per heavy atom. The Hall–Kier alpha value is -1.83. The van der Waals surface area contributed by atoms with Gasteiger partial charge in [0.05, 0.1) is 5.60 Å². The third kappa shape index (κ3) is 5.65. The third-order valence-electron chi connectivity index (χ3n) is 5.48. The number of anilines is 1. The number of aryl methyl sites for hydroxylation is 2. The van der Waals surface area contributed by atoms with Crippen LogP contribution in [-0.2, 0) is 10.4 Å². The highest BCUT2D eigenvalue weighted by atomic mass is 35.5. The van der Waals surface area contributed by atoms with Gasteiger partial charge < -0.3 is 15.3 Å². The summed E-state index contributed by atoms with van der Waals surface area (Å²) in [4.78, 5) is 24.0. The minimum absolute atomic E-state index is 0.0324. The van der Waals surface area contributed by atoms with Crippen LogP contribution in [0.2, 0.25) is 5.02 Å². The van der Waals surface area contributed by atoms with E-state index in [0.29, 0.717) is 43.3 Å². The molecule has 0 bridgehead atoms. The number of amides is 1. The SMILES string of the molecule is CSCC[C@@H](Nc1nc(C)cc(C)n1)C(=O)N1CCC(O)(c2ccc(Cl)cc2)CC1. The fourth-order valence-electron chi connectivity index (χ4n) is 3.81. The van der Waals surface area contributed by atoms with Crippen molar-refractivity contribution in [3.05, 3.63) is 52.3 Å². The third-order valence-corrected chi connectivity index (χ3v) is 6.37. The summed E-state index contributed by atoms with van der Waals surface area (Å²) in [7, 11) is 0. The molecule has 1 atom stereocenters. The number of hydrogen-bond acceptors (Lipinski definition) is 6. The number of halogens is 1. The van der Waals surface area contributed by atoms with Crippen molar-refractivity contribution in [2.75, 3.05) is 30.4 Å². The molecule has 1 aliphatic heterocycles. The van der Waals surface area contributed by atoms with E-state index in [1.807, 2.05) is 43.2 Å². The second kappa shape index (κ2) is 9.98. The highest BCUT2D eigenvalue weighted by molar-refractivity contribution is 7.98. The molecule has 1 saturated heterocycles. The smallest absolute Gasteiger partial charge is 0.245 e. The first-order chi connectivity index (χ1) is 14.3. The number of carbonyl (C=O) groups excluding carboxylic acids is 1. The van der Waals surface area contributed by atoms with Crippen LogP contribution < -0.4 is 5.32 Å². The summed E-state index contributed by atoms with van der Waals surface area (Å²) in [5.41, 5.74) is 1.65. The zero-order chi connectivity index (χ0) is 21.7. The zero-order valence-electron chi connectivity index (χ0n) is 17.7. The van der Waals surface area contributed by atoms with Gasteiger partial charge in [-0.15, -0.1) is 0 Å². The van der Waals surface area contributed by atoms with Gasteiger partial charge in [-0.3, -0.25) is 4.79 Å². The summed E-state index contributed by atoms with van der Waals surface area (Å²) < 4.78 is 0. The zero-order valence-corrected chi connectivity index (χ0v) is 19.3. The average Bonchev–Trinajstić information content (AvgIpc) is 2.71. The summed E-state index contributed by atoms with van der Waals surface area (Å²) in [6.45, 7) is 4.84. The highest BCUT2D eigenvalue weighted by Gasteiger charge is 2.37. The van der Waals surface area contributed by atoms with Crippen LogP contribution in [0.4, 0.5) is 5.95 Å². The van der Waals surface area contributed by atoms with Crippen LogP contribution in [0.15, 0.2) is 30.3 Å². The second-order valence-electron chi connectivity index (χ2n) is 7.82. The van der Waals surface area contributed by atoms with E-state index in [0.717, 1.165) is 22.7 Å².